The third-order valence-electron chi connectivity index (χ3n) is 2.35. The third-order valence-corrected chi connectivity index (χ3v) is 3.40. The maximum absolute atomic E-state index is 10.9. The second kappa shape index (κ2) is 2.34. The molecule has 0 saturated carbocycles. The predicted octanol–water partition coefficient (Wildman–Crippen LogP) is 2.13. The highest BCUT2D eigenvalue weighted by Gasteiger charge is 2.44. The van der Waals surface area contributed by atoms with Gasteiger partial charge in [-0.25, -0.2) is 0 Å². The van der Waals surface area contributed by atoms with Crippen molar-refractivity contribution in [3.63, 3.8) is 0 Å². The van der Waals surface area contributed by atoms with Crippen molar-refractivity contribution < 1.29 is 9.53 Å². The van der Waals surface area contributed by atoms with Crippen LogP contribution in [0.3, 0.4) is 0 Å². The number of esters is 1. The van der Waals surface area contributed by atoms with Gasteiger partial charge < -0.3 is 4.74 Å². The van der Waals surface area contributed by atoms with Gasteiger partial charge in [-0.05, 0) is 12.8 Å². The van der Waals surface area contributed by atoms with Crippen LogP contribution in [0.25, 0.3) is 0 Å². The van der Waals surface area contributed by atoms with Crippen LogP contribution in [0.2, 0.25) is 0 Å². The highest BCUT2D eigenvalue weighted by molar-refractivity contribution is 9.11. The minimum absolute atomic E-state index is 0.0581. The van der Waals surface area contributed by atoms with E-state index in [9.17, 15) is 4.79 Å². The Balaban J connectivity index is 2.24. The zero-order valence-corrected chi connectivity index (χ0v) is 7.69. The lowest BCUT2D eigenvalue weighted by Crippen LogP contribution is -2.25. The second-order valence-electron chi connectivity index (χ2n) is 3.06. The average Bonchev–Trinajstić information content (AvgIpc) is 2.46. The summed E-state index contributed by atoms with van der Waals surface area (Å²) in [6.07, 6.45) is 5.50. The fraction of sp³-hybridized carbons (Fsp3) is 0.625. The number of halogens is 1. The number of allylic oxidation sites excluding steroid dienone is 1. The second-order valence-corrected chi connectivity index (χ2v) is 3.91. The van der Waals surface area contributed by atoms with Gasteiger partial charge in [0.2, 0.25) is 0 Å². The lowest BCUT2D eigenvalue weighted by Gasteiger charge is -2.22. The maximum Gasteiger partial charge on any atom is 0.306 e. The number of rotatable bonds is 0. The fourth-order valence-corrected chi connectivity index (χ4v) is 2.41. The molecular formula is C8H9BrO2. The first-order valence-electron chi connectivity index (χ1n) is 3.81. The van der Waals surface area contributed by atoms with Crippen molar-refractivity contribution in [1.82, 2.24) is 0 Å². The SMILES string of the molecule is O=C1CCC2(CCC=C2Br)O1. The number of ether oxygens (including phenoxy) is 1. The first-order chi connectivity index (χ1) is 5.23. The molecule has 2 rings (SSSR count). The Morgan fingerprint density at radius 2 is 2.36 bits per heavy atom. The first-order valence-corrected chi connectivity index (χ1v) is 4.60. The monoisotopic (exact) mass is 216 g/mol. The Hall–Kier alpha value is -0.310. The van der Waals surface area contributed by atoms with Crippen LogP contribution in [0.15, 0.2) is 10.6 Å². The molecule has 0 aromatic heterocycles. The Morgan fingerprint density at radius 1 is 1.55 bits per heavy atom. The van der Waals surface area contributed by atoms with Gasteiger partial charge >= 0.3 is 5.97 Å². The molecule has 1 aliphatic carbocycles. The van der Waals surface area contributed by atoms with Crippen molar-refractivity contribution in [2.45, 2.75) is 31.3 Å². The van der Waals surface area contributed by atoms with Crippen molar-refractivity contribution in [2.24, 2.45) is 0 Å². The molecule has 1 spiro atoms. The molecule has 60 valence electrons. The Morgan fingerprint density at radius 3 is 2.82 bits per heavy atom. The van der Waals surface area contributed by atoms with Crippen LogP contribution in [-0.4, -0.2) is 11.6 Å². The minimum atomic E-state index is -0.253. The van der Waals surface area contributed by atoms with Gasteiger partial charge in [0.15, 0.2) is 0 Å². The highest BCUT2D eigenvalue weighted by atomic mass is 79.9. The summed E-state index contributed by atoms with van der Waals surface area (Å²) in [4.78, 5) is 10.9. The molecule has 1 atom stereocenters. The van der Waals surface area contributed by atoms with Crippen LogP contribution in [-0.2, 0) is 9.53 Å². The standard InChI is InChI=1S/C8H9BrO2/c9-6-2-1-4-8(6)5-3-7(10)11-8/h2H,1,3-5H2. The highest BCUT2D eigenvalue weighted by Crippen LogP contribution is 2.44. The molecule has 1 fully saturated rings. The van der Waals surface area contributed by atoms with Gasteiger partial charge in [0.1, 0.15) is 5.60 Å². The van der Waals surface area contributed by atoms with Gasteiger partial charge in [0.25, 0.3) is 0 Å². The molecule has 0 amide bonds. The number of hydrogen-bond donors (Lipinski definition) is 0. The molecule has 2 nitrogen and oxygen atoms in total. The van der Waals surface area contributed by atoms with Crippen LogP contribution in [0.1, 0.15) is 25.7 Å². The molecule has 1 unspecified atom stereocenters. The molecular weight excluding hydrogens is 208 g/mol. The van der Waals surface area contributed by atoms with Crippen molar-refractivity contribution >= 4 is 21.9 Å². The molecule has 0 bridgehead atoms. The van der Waals surface area contributed by atoms with Crippen LogP contribution < -0.4 is 0 Å². The summed E-state index contributed by atoms with van der Waals surface area (Å²) in [5, 5.41) is 0. The lowest BCUT2D eigenvalue weighted by atomic mass is 10.0. The summed E-state index contributed by atoms with van der Waals surface area (Å²) < 4.78 is 6.33. The fourth-order valence-electron chi connectivity index (χ4n) is 1.71. The maximum atomic E-state index is 10.9. The summed E-state index contributed by atoms with van der Waals surface area (Å²) in [5.74, 6) is -0.0581. The smallest absolute Gasteiger partial charge is 0.306 e. The van der Waals surface area contributed by atoms with E-state index in [0.717, 1.165) is 23.7 Å². The van der Waals surface area contributed by atoms with Gasteiger partial charge in [0.05, 0.1) is 0 Å². The molecule has 1 aliphatic heterocycles. The number of hydrogen-bond acceptors (Lipinski definition) is 2. The Kier molecular flexibility index (Phi) is 1.56. The summed E-state index contributed by atoms with van der Waals surface area (Å²) >= 11 is 3.43. The van der Waals surface area contributed by atoms with E-state index >= 15 is 0 Å². The van der Waals surface area contributed by atoms with Crippen LogP contribution >= 0.6 is 15.9 Å². The van der Waals surface area contributed by atoms with Crippen molar-refractivity contribution in [3.05, 3.63) is 10.6 Å². The van der Waals surface area contributed by atoms with E-state index in [4.69, 9.17) is 4.74 Å². The van der Waals surface area contributed by atoms with Gasteiger partial charge in [-0.15, -0.1) is 0 Å². The number of carbonyl (C=O) groups excluding carboxylic acids is 1. The topological polar surface area (TPSA) is 26.3 Å². The molecule has 1 saturated heterocycles. The van der Waals surface area contributed by atoms with Gasteiger partial charge in [-0.3, -0.25) is 4.79 Å². The molecule has 11 heavy (non-hydrogen) atoms. The molecule has 0 aromatic carbocycles. The largest absolute Gasteiger partial charge is 0.454 e. The van der Waals surface area contributed by atoms with Crippen molar-refractivity contribution in [1.29, 1.82) is 0 Å². The molecule has 2 aliphatic rings. The Bertz CT molecular complexity index is 234. The van der Waals surface area contributed by atoms with E-state index in [-0.39, 0.29) is 11.6 Å². The van der Waals surface area contributed by atoms with Crippen LogP contribution in [0, 0.1) is 0 Å². The van der Waals surface area contributed by atoms with Crippen LogP contribution in [0.4, 0.5) is 0 Å². The normalized spacial score (nSPS) is 36.1. The number of carbonyl (C=O) groups is 1. The van der Waals surface area contributed by atoms with Gasteiger partial charge in [-0.2, -0.15) is 0 Å². The van der Waals surface area contributed by atoms with Gasteiger partial charge in [0, 0.05) is 17.3 Å². The van der Waals surface area contributed by atoms with E-state index in [0.29, 0.717) is 6.42 Å². The van der Waals surface area contributed by atoms with E-state index in [2.05, 4.69) is 22.0 Å². The Labute approximate surface area is 73.7 Å². The van der Waals surface area contributed by atoms with Crippen molar-refractivity contribution in [2.75, 3.05) is 0 Å². The molecule has 0 radical (unpaired) electrons. The minimum Gasteiger partial charge on any atom is -0.454 e. The summed E-state index contributed by atoms with van der Waals surface area (Å²) in [5.41, 5.74) is -0.253. The zero-order valence-electron chi connectivity index (χ0n) is 6.10. The van der Waals surface area contributed by atoms with Gasteiger partial charge in [-0.1, -0.05) is 22.0 Å². The molecule has 0 aromatic rings. The quantitative estimate of drug-likeness (QED) is 0.581. The molecule has 1 heterocycles. The average molecular weight is 217 g/mol. The van der Waals surface area contributed by atoms with E-state index in [1.165, 1.54) is 0 Å². The van der Waals surface area contributed by atoms with E-state index < -0.39 is 0 Å². The molecule has 3 heteroatoms. The van der Waals surface area contributed by atoms with E-state index in [1.54, 1.807) is 0 Å². The predicted molar refractivity (Wildman–Crippen MR) is 44.3 cm³/mol. The summed E-state index contributed by atoms with van der Waals surface area (Å²) in [7, 11) is 0. The van der Waals surface area contributed by atoms with Crippen molar-refractivity contribution in [3.8, 4) is 0 Å². The third kappa shape index (κ3) is 1.02. The lowest BCUT2D eigenvalue weighted by molar-refractivity contribution is -0.145. The first kappa shape index (κ1) is 7.35. The summed E-state index contributed by atoms with van der Waals surface area (Å²) in [6, 6.07) is 0. The molecule has 0 N–H and O–H groups in total. The zero-order chi connectivity index (χ0) is 7.90. The van der Waals surface area contributed by atoms with Crippen LogP contribution in [0.5, 0.6) is 0 Å². The summed E-state index contributed by atoms with van der Waals surface area (Å²) in [6.45, 7) is 0. The van der Waals surface area contributed by atoms with E-state index in [1.807, 2.05) is 0 Å².